The van der Waals surface area contributed by atoms with Crippen molar-refractivity contribution < 1.29 is 13.6 Å². The first-order valence-corrected chi connectivity index (χ1v) is 5.95. The normalized spacial score (nSPS) is 10.4. The minimum atomic E-state index is -1.15. The van der Waals surface area contributed by atoms with Gasteiger partial charge in [-0.2, -0.15) is 0 Å². The number of halogens is 3. The smallest absolute Gasteiger partial charge is 0.257 e. The van der Waals surface area contributed by atoms with Crippen LogP contribution >= 0.6 is 11.6 Å². The summed E-state index contributed by atoms with van der Waals surface area (Å²) in [7, 11) is 0. The lowest BCUT2D eigenvalue weighted by Crippen LogP contribution is -2.16. The van der Waals surface area contributed by atoms with E-state index in [0.717, 1.165) is 12.1 Å². The van der Waals surface area contributed by atoms with Gasteiger partial charge < -0.3 is 11.1 Å². The maximum absolute atomic E-state index is 13.2. The van der Waals surface area contributed by atoms with Gasteiger partial charge in [0.15, 0.2) is 16.8 Å². The van der Waals surface area contributed by atoms with Crippen LogP contribution in [0.15, 0.2) is 24.4 Å². The third-order valence-electron chi connectivity index (χ3n) is 2.69. The van der Waals surface area contributed by atoms with Gasteiger partial charge in [-0.25, -0.2) is 13.8 Å². The van der Waals surface area contributed by atoms with Crippen LogP contribution in [0.3, 0.4) is 0 Å². The van der Waals surface area contributed by atoms with E-state index in [1.54, 1.807) is 13.0 Å². The van der Waals surface area contributed by atoms with Gasteiger partial charge in [0.1, 0.15) is 0 Å². The summed E-state index contributed by atoms with van der Waals surface area (Å²) in [5.74, 6) is -2.97. The third-order valence-corrected chi connectivity index (χ3v) is 2.98. The number of hydrogen-bond acceptors (Lipinski definition) is 3. The van der Waals surface area contributed by atoms with Crippen molar-refractivity contribution in [2.75, 3.05) is 11.1 Å². The molecule has 104 valence electrons. The molecule has 1 heterocycles. The Kier molecular flexibility index (Phi) is 3.85. The van der Waals surface area contributed by atoms with Gasteiger partial charge in [0.05, 0.1) is 11.3 Å². The molecule has 0 saturated heterocycles. The zero-order chi connectivity index (χ0) is 14.9. The average molecular weight is 298 g/mol. The van der Waals surface area contributed by atoms with Crippen molar-refractivity contribution in [2.24, 2.45) is 0 Å². The van der Waals surface area contributed by atoms with E-state index in [1.165, 1.54) is 6.20 Å². The number of amides is 1. The van der Waals surface area contributed by atoms with Gasteiger partial charge in [0.2, 0.25) is 0 Å². The zero-order valence-electron chi connectivity index (χ0n) is 10.4. The highest BCUT2D eigenvalue weighted by Gasteiger charge is 2.16. The largest absolute Gasteiger partial charge is 0.398 e. The predicted octanol–water partition coefficient (Wildman–Crippen LogP) is 3.16. The van der Waals surface area contributed by atoms with Crippen molar-refractivity contribution in [3.8, 4) is 0 Å². The van der Waals surface area contributed by atoms with Crippen LogP contribution in [-0.2, 0) is 0 Å². The molecule has 0 aliphatic rings. The molecule has 3 N–H and O–H groups in total. The molecule has 7 heteroatoms. The van der Waals surface area contributed by atoms with E-state index < -0.39 is 17.5 Å². The van der Waals surface area contributed by atoms with Crippen molar-refractivity contribution in [3.05, 3.63) is 52.3 Å². The average Bonchev–Trinajstić information content (AvgIpc) is 2.38. The first kappa shape index (κ1) is 14.2. The molecule has 0 radical (unpaired) electrons. The Morgan fingerprint density at radius 3 is 2.65 bits per heavy atom. The molecule has 0 aliphatic heterocycles. The molecule has 0 unspecified atom stereocenters. The Hall–Kier alpha value is -2.21. The lowest BCUT2D eigenvalue weighted by molar-refractivity contribution is 0.102. The molecule has 0 saturated carbocycles. The lowest BCUT2D eigenvalue weighted by Gasteiger charge is -2.11. The molecule has 20 heavy (non-hydrogen) atoms. The van der Waals surface area contributed by atoms with Gasteiger partial charge in [-0.1, -0.05) is 11.6 Å². The van der Waals surface area contributed by atoms with Gasteiger partial charge in [-0.15, -0.1) is 0 Å². The number of aromatic nitrogens is 1. The molecular formula is C13H10ClF2N3O. The SMILES string of the molecule is Cc1ccnc(Cl)c1NC(=O)c1cc(F)c(F)cc1N. The van der Waals surface area contributed by atoms with Crippen molar-refractivity contribution in [2.45, 2.75) is 6.92 Å². The second-order valence-corrected chi connectivity index (χ2v) is 4.46. The molecule has 0 atom stereocenters. The summed E-state index contributed by atoms with van der Waals surface area (Å²) in [6, 6.07) is 3.14. The van der Waals surface area contributed by atoms with Crippen molar-refractivity contribution >= 4 is 28.9 Å². The number of nitrogens with one attached hydrogen (secondary N) is 1. The molecular weight excluding hydrogens is 288 g/mol. The van der Waals surface area contributed by atoms with Gasteiger partial charge in [0, 0.05) is 18.0 Å². The molecule has 0 aliphatic carbocycles. The van der Waals surface area contributed by atoms with Crippen LogP contribution in [0.2, 0.25) is 5.15 Å². The van der Waals surface area contributed by atoms with Crippen molar-refractivity contribution in [1.82, 2.24) is 4.98 Å². The maximum atomic E-state index is 13.2. The standard InChI is InChI=1S/C13H10ClF2N3O/c1-6-2-3-18-12(14)11(6)19-13(20)7-4-8(15)9(16)5-10(7)17/h2-5H,17H2,1H3,(H,19,20). The fraction of sp³-hybridized carbons (Fsp3) is 0.0769. The Morgan fingerprint density at radius 2 is 2.00 bits per heavy atom. The van der Waals surface area contributed by atoms with E-state index in [2.05, 4.69) is 10.3 Å². The van der Waals surface area contributed by atoms with Crippen molar-refractivity contribution in [1.29, 1.82) is 0 Å². The van der Waals surface area contributed by atoms with Gasteiger partial charge in [-0.3, -0.25) is 4.79 Å². The van der Waals surface area contributed by atoms with Crippen LogP contribution in [0.25, 0.3) is 0 Å². The van der Waals surface area contributed by atoms with E-state index in [1.807, 2.05) is 0 Å². The van der Waals surface area contributed by atoms with Gasteiger partial charge in [0.25, 0.3) is 5.91 Å². The molecule has 0 fully saturated rings. The number of benzene rings is 1. The molecule has 1 aromatic carbocycles. The van der Waals surface area contributed by atoms with Crippen LogP contribution < -0.4 is 11.1 Å². The topological polar surface area (TPSA) is 68.0 Å². The Morgan fingerprint density at radius 1 is 1.35 bits per heavy atom. The molecule has 1 aromatic heterocycles. The summed E-state index contributed by atoms with van der Waals surface area (Å²) >= 11 is 5.87. The number of carbonyl (C=O) groups is 1. The number of anilines is 2. The fourth-order valence-electron chi connectivity index (χ4n) is 1.61. The minimum absolute atomic E-state index is 0.0968. The molecule has 0 spiro atoms. The molecule has 2 rings (SSSR count). The van der Waals surface area contributed by atoms with Gasteiger partial charge in [-0.05, 0) is 24.6 Å². The number of aryl methyl sites for hydroxylation is 1. The third kappa shape index (κ3) is 2.70. The fourth-order valence-corrected chi connectivity index (χ4v) is 1.87. The highest BCUT2D eigenvalue weighted by Crippen LogP contribution is 2.25. The maximum Gasteiger partial charge on any atom is 0.257 e. The number of nitrogens with zero attached hydrogens (tertiary/aromatic N) is 1. The van der Waals surface area contributed by atoms with Crippen LogP contribution in [0.5, 0.6) is 0 Å². The monoisotopic (exact) mass is 297 g/mol. The summed E-state index contributed by atoms with van der Waals surface area (Å²) in [6.45, 7) is 1.72. The summed E-state index contributed by atoms with van der Waals surface area (Å²) in [5.41, 5.74) is 6.13. The Labute approximate surface area is 118 Å². The molecule has 2 aromatic rings. The first-order valence-electron chi connectivity index (χ1n) is 5.57. The van der Waals surface area contributed by atoms with E-state index in [-0.39, 0.29) is 16.4 Å². The van der Waals surface area contributed by atoms with E-state index in [0.29, 0.717) is 11.3 Å². The number of nitrogens with two attached hydrogens (primary N) is 1. The van der Waals surface area contributed by atoms with Crippen molar-refractivity contribution in [3.63, 3.8) is 0 Å². The number of rotatable bonds is 2. The Balaban J connectivity index is 2.36. The Bertz CT molecular complexity index is 671. The highest BCUT2D eigenvalue weighted by molar-refractivity contribution is 6.33. The second kappa shape index (κ2) is 5.42. The summed E-state index contributed by atoms with van der Waals surface area (Å²) < 4.78 is 26.1. The first-order chi connectivity index (χ1) is 9.40. The van der Waals surface area contributed by atoms with E-state index in [4.69, 9.17) is 17.3 Å². The summed E-state index contributed by atoms with van der Waals surface area (Å²) in [6.07, 6.45) is 1.49. The van der Waals surface area contributed by atoms with E-state index >= 15 is 0 Å². The van der Waals surface area contributed by atoms with Crippen LogP contribution in [0.4, 0.5) is 20.2 Å². The quantitative estimate of drug-likeness (QED) is 0.661. The number of carbonyl (C=O) groups excluding carboxylic acids is 1. The second-order valence-electron chi connectivity index (χ2n) is 4.10. The number of hydrogen-bond donors (Lipinski definition) is 2. The highest BCUT2D eigenvalue weighted by atomic mass is 35.5. The number of nitrogen functional groups attached to an aromatic ring is 1. The zero-order valence-corrected chi connectivity index (χ0v) is 11.1. The van der Waals surface area contributed by atoms with Gasteiger partial charge >= 0.3 is 0 Å². The number of pyridine rings is 1. The van der Waals surface area contributed by atoms with Crippen LogP contribution in [-0.4, -0.2) is 10.9 Å². The molecule has 1 amide bonds. The summed E-state index contributed by atoms with van der Waals surface area (Å²) in [4.78, 5) is 15.9. The van der Waals surface area contributed by atoms with E-state index in [9.17, 15) is 13.6 Å². The van der Waals surface area contributed by atoms with Crippen LogP contribution in [0.1, 0.15) is 15.9 Å². The summed E-state index contributed by atoms with van der Waals surface area (Å²) in [5, 5.41) is 2.58. The lowest BCUT2D eigenvalue weighted by atomic mass is 10.1. The molecule has 4 nitrogen and oxygen atoms in total. The minimum Gasteiger partial charge on any atom is -0.398 e. The predicted molar refractivity (Wildman–Crippen MR) is 72.7 cm³/mol. The molecule has 0 bridgehead atoms. The van der Waals surface area contributed by atoms with Crippen LogP contribution in [0, 0.1) is 18.6 Å².